The summed E-state index contributed by atoms with van der Waals surface area (Å²) in [5.41, 5.74) is -0.0592. The largest absolute Gasteiger partial charge is 0.481 e. The molecule has 1 atom stereocenters. The molecule has 3 N–H and O–H groups in total. The minimum absolute atomic E-state index is 0.108. The monoisotopic (exact) mass is 500 g/mol. The quantitative estimate of drug-likeness (QED) is 0.469. The second-order valence-electron chi connectivity index (χ2n) is 7.82. The van der Waals surface area contributed by atoms with Crippen LogP contribution in [0.1, 0.15) is 55.7 Å². The summed E-state index contributed by atoms with van der Waals surface area (Å²) in [5, 5.41) is 11.1. The van der Waals surface area contributed by atoms with Crippen LogP contribution in [0.15, 0.2) is 59.5 Å². The van der Waals surface area contributed by atoms with Crippen molar-refractivity contribution < 1.29 is 36.3 Å². The summed E-state index contributed by atoms with van der Waals surface area (Å²) < 4.78 is 64.0. The Morgan fingerprint density at radius 2 is 1.62 bits per heavy atom. The zero-order valence-electron chi connectivity index (χ0n) is 18.3. The highest BCUT2D eigenvalue weighted by molar-refractivity contribution is 7.89. The summed E-state index contributed by atoms with van der Waals surface area (Å²) in [6.45, 7) is 0. The number of carboxylic acid groups (broad SMARTS) is 1. The predicted molar refractivity (Wildman–Crippen MR) is 119 cm³/mol. The number of carboxylic acids is 1. The smallest absolute Gasteiger partial charge is 0.416 e. The van der Waals surface area contributed by atoms with E-state index in [0.29, 0.717) is 6.41 Å². The Morgan fingerprint density at radius 3 is 2.12 bits per heavy atom. The lowest BCUT2D eigenvalue weighted by Gasteiger charge is -2.22. The van der Waals surface area contributed by atoms with Crippen molar-refractivity contribution in [2.75, 3.05) is 0 Å². The number of sulfonamides is 1. The van der Waals surface area contributed by atoms with Gasteiger partial charge in [-0.05, 0) is 42.7 Å². The molecule has 0 aromatic heterocycles. The second kappa shape index (κ2) is 12.5. The molecular formula is C23H27F3N2O5S. The van der Waals surface area contributed by atoms with Gasteiger partial charge >= 0.3 is 12.1 Å². The Labute approximate surface area is 196 Å². The fraction of sp³-hybridized carbons (Fsp3) is 0.391. The van der Waals surface area contributed by atoms with Crippen molar-refractivity contribution >= 4 is 22.4 Å². The van der Waals surface area contributed by atoms with E-state index < -0.39 is 33.8 Å². The van der Waals surface area contributed by atoms with Gasteiger partial charge < -0.3 is 10.4 Å². The molecule has 11 heteroatoms. The van der Waals surface area contributed by atoms with Gasteiger partial charge in [0.15, 0.2) is 0 Å². The highest BCUT2D eigenvalue weighted by Gasteiger charge is 2.31. The van der Waals surface area contributed by atoms with Crippen LogP contribution in [0.3, 0.4) is 0 Å². The molecule has 186 valence electrons. The Hall–Kier alpha value is -2.92. The molecule has 1 aliphatic carbocycles. The van der Waals surface area contributed by atoms with E-state index in [1.54, 1.807) is 24.3 Å². The molecule has 2 aromatic rings. The molecule has 1 saturated carbocycles. The Balaban J connectivity index is 0.000000257. The number of hydrogen-bond donors (Lipinski definition) is 3. The second-order valence-corrected chi connectivity index (χ2v) is 9.54. The molecule has 34 heavy (non-hydrogen) atoms. The first-order valence-electron chi connectivity index (χ1n) is 10.7. The molecule has 0 heterocycles. The predicted octanol–water partition coefficient (Wildman–Crippen LogP) is 4.26. The fourth-order valence-electron chi connectivity index (χ4n) is 3.55. The summed E-state index contributed by atoms with van der Waals surface area (Å²) in [7, 11) is -3.74. The van der Waals surface area contributed by atoms with Crippen LogP contribution in [0.2, 0.25) is 0 Å². The topological polar surface area (TPSA) is 113 Å². The standard InChI is InChI=1S/C13H16F3NO2S.C10H11NO3/c14-13(15,16)10-6-8-12(9-7-10)20(18,19)17-11-4-2-1-3-5-11;12-7-11-9(6-10(13)14)8-4-2-1-3-5-8/h6-9,11,17H,1-5H2;1-5,7,9H,6H2,(H,11,12)(H,13,14)/t;9-/m.1/s1. The van der Waals surface area contributed by atoms with Crippen LogP contribution in [0.4, 0.5) is 13.2 Å². The Morgan fingerprint density at radius 1 is 1.03 bits per heavy atom. The molecule has 2 aromatic carbocycles. The van der Waals surface area contributed by atoms with Gasteiger partial charge in [0.1, 0.15) is 0 Å². The summed E-state index contributed by atoms with van der Waals surface area (Å²) >= 11 is 0. The minimum Gasteiger partial charge on any atom is -0.481 e. The van der Waals surface area contributed by atoms with Crippen LogP contribution in [0.25, 0.3) is 0 Å². The van der Waals surface area contributed by atoms with Gasteiger partial charge in [-0.3, -0.25) is 9.59 Å². The first kappa shape index (κ1) is 27.3. The van der Waals surface area contributed by atoms with Crippen molar-refractivity contribution in [1.82, 2.24) is 10.0 Å². The van der Waals surface area contributed by atoms with Crippen molar-refractivity contribution in [3.63, 3.8) is 0 Å². The number of carbonyl (C=O) groups excluding carboxylic acids is 1. The summed E-state index contributed by atoms with van der Waals surface area (Å²) in [6, 6.07) is 12.0. The number of benzene rings is 2. The van der Waals surface area contributed by atoms with Crippen LogP contribution in [0.5, 0.6) is 0 Å². The molecule has 7 nitrogen and oxygen atoms in total. The van der Waals surface area contributed by atoms with E-state index in [1.807, 2.05) is 6.07 Å². The van der Waals surface area contributed by atoms with E-state index in [0.717, 1.165) is 61.9 Å². The van der Waals surface area contributed by atoms with Crippen molar-refractivity contribution in [3.05, 3.63) is 65.7 Å². The maximum atomic E-state index is 12.4. The van der Waals surface area contributed by atoms with Gasteiger partial charge in [0.05, 0.1) is 22.9 Å². The summed E-state index contributed by atoms with van der Waals surface area (Å²) in [4.78, 5) is 20.6. The van der Waals surface area contributed by atoms with Gasteiger partial charge in [0, 0.05) is 6.04 Å². The number of carbonyl (C=O) groups is 2. The third-order valence-corrected chi connectivity index (χ3v) is 6.81. The number of nitrogens with one attached hydrogen (secondary N) is 2. The zero-order chi connectivity index (χ0) is 25.2. The fourth-order valence-corrected chi connectivity index (χ4v) is 4.85. The maximum Gasteiger partial charge on any atom is 0.416 e. The zero-order valence-corrected chi connectivity index (χ0v) is 19.1. The number of hydrogen-bond acceptors (Lipinski definition) is 4. The molecule has 1 fully saturated rings. The van der Waals surface area contributed by atoms with Gasteiger partial charge in [-0.15, -0.1) is 0 Å². The molecule has 3 rings (SSSR count). The normalized spacial score (nSPS) is 15.5. The van der Waals surface area contributed by atoms with Crippen LogP contribution in [0, 0.1) is 0 Å². The van der Waals surface area contributed by atoms with E-state index >= 15 is 0 Å². The number of halogens is 3. The summed E-state index contributed by atoms with van der Waals surface area (Å²) in [5.74, 6) is -0.937. The lowest BCUT2D eigenvalue weighted by Crippen LogP contribution is -2.36. The van der Waals surface area contributed by atoms with E-state index in [1.165, 1.54) is 0 Å². The van der Waals surface area contributed by atoms with Gasteiger partial charge in [0.25, 0.3) is 0 Å². The first-order chi connectivity index (χ1) is 16.0. The number of alkyl halides is 3. The third-order valence-electron chi connectivity index (χ3n) is 5.27. The average molecular weight is 501 g/mol. The van der Waals surface area contributed by atoms with Crippen molar-refractivity contribution in [3.8, 4) is 0 Å². The number of amides is 1. The minimum atomic E-state index is -4.46. The van der Waals surface area contributed by atoms with Gasteiger partial charge in [0.2, 0.25) is 16.4 Å². The molecule has 0 aliphatic heterocycles. The van der Waals surface area contributed by atoms with Gasteiger partial charge in [-0.25, -0.2) is 13.1 Å². The Bertz CT molecular complexity index is 1020. The highest BCUT2D eigenvalue weighted by atomic mass is 32.2. The van der Waals surface area contributed by atoms with Crippen LogP contribution < -0.4 is 10.0 Å². The van der Waals surface area contributed by atoms with Crippen molar-refractivity contribution in [1.29, 1.82) is 0 Å². The molecule has 0 radical (unpaired) electrons. The SMILES string of the molecule is O=CN[C@H](CC(=O)O)c1ccccc1.O=S(=O)(NC1CCCCC1)c1ccc(C(F)(F)F)cc1. The molecule has 0 unspecified atom stereocenters. The van der Waals surface area contributed by atoms with Crippen LogP contribution in [-0.2, 0) is 25.8 Å². The molecular weight excluding hydrogens is 473 g/mol. The molecule has 1 aliphatic rings. The average Bonchev–Trinajstić information content (AvgIpc) is 2.79. The van der Waals surface area contributed by atoms with Gasteiger partial charge in [-0.2, -0.15) is 13.2 Å². The lowest BCUT2D eigenvalue weighted by atomic mass is 9.96. The van der Waals surface area contributed by atoms with E-state index in [4.69, 9.17) is 5.11 Å². The molecule has 0 saturated heterocycles. The molecule has 1 amide bonds. The number of rotatable bonds is 8. The first-order valence-corrected chi connectivity index (χ1v) is 12.2. The van der Waals surface area contributed by atoms with E-state index in [2.05, 4.69) is 10.0 Å². The third kappa shape index (κ3) is 8.79. The van der Waals surface area contributed by atoms with Crippen LogP contribution >= 0.6 is 0 Å². The lowest BCUT2D eigenvalue weighted by molar-refractivity contribution is -0.138. The van der Waals surface area contributed by atoms with Gasteiger partial charge in [-0.1, -0.05) is 49.6 Å². The summed E-state index contributed by atoms with van der Waals surface area (Å²) in [6.07, 6.45) is 0.543. The van der Waals surface area contributed by atoms with E-state index in [9.17, 15) is 31.2 Å². The molecule has 0 spiro atoms. The van der Waals surface area contributed by atoms with Crippen molar-refractivity contribution in [2.24, 2.45) is 0 Å². The van der Waals surface area contributed by atoms with Crippen molar-refractivity contribution in [2.45, 2.75) is 61.7 Å². The van der Waals surface area contributed by atoms with E-state index in [-0.39, 0.29) is 17.4 Å². The maximum absolute atomic E-state index is 12.4. The van der Waals surface area contributed by atoms with Crippen LogP contribution in [-0.4, -0.2) is 31.9 Å². The molecule has 0 bridgehead atoms. The number of aliphatic carboxylic acids is 1. The highest BCUT2D eigenvalue weighted by Crippen LogP contribution is 2.30. The Kier molecular flexibility index (Phi) is 10.1.